The Labute approximate surface area is 167 Å². The largest absolute Gasteiger partial charge is 0.495 e. The number of benzene rings is 2. The normalized spacial score (nSPS) is 13.5. The van der Waals surface area contributed by atoms with E-state index in [0.717, 1.165) is 27.3 Å². The summed E-state index contributed by atoms with van der Waals surface area (Å²) in [5.41, 5.74) is 3.29. The Morgan fingerprint density at radius 2 is 1.61 bits per heavy atom. The van der Waals surface area contributed by atoms with E-state index in [0.29, 0.717) is 11.4 Å². The fraction of sp³-hybridized carbons (Fsp3) is 0.381. The molecule has 152 valence electrons. The molecule has 7 heteroatoms. The van der Waals surface area contributed by atoms with Crippen LogP contribution in [-0.2, 0) is 14.8 Å². The standard InChI is InChI=1S/C21H28N2O4S/c1-14-7-10-18(11-8-14)16(3)22-21(24)17(4)23(28(6,25)26)19-13-15(2)9-12-20(19)27-5/h7-13,16-17H,1-6H3,(H,22,24)/t16-,17-/m1/s1. The smallest absolute Gasteiger partial charge is 0.244 e. The summed E-state index contributed by atoms with van der Waals surface area (Å²) in [7, 11) is -2.25. The van der Waals surface area contributed by atoms with Crippen LogP contribution >= 0.6 is 0 Å². The summed E-state index contributed by atoms with van der Waals surface area (Å²) in [6.45, 7) is 7.29. The van der Waals surface area contributed by atoms with Gasteiger partial charge in [-0.1, -0.05) is 35.9 Å². The first-order valence-corrected chi connectivity index (χ1v) is 10.9. The Kier molecular flexibility index (Phi) is 6.72. The van der Waals surface area contributed by atoms with E-state index in [-0.39, 0.29) is 11.9 Å². The van der Waals surface area contributed by atoms with E-state index in [9.17, 15) is 13.2 Å². The predicted octanol–water partition coefficient (Wildman–Crippen LogP) is 3.34. The zero-order valence-corrected chi connectivity index (χ0v) is 18.0. The van der Waals surface area contributed by atoms with E-state index in [1.807, 2.05) is 51.1 Å². The van der Waals surface area contributed by atoms with Crippen LogP contribution in [0.25, 0.3) is 0 Å². The van der Waals surface area contributed by atoms with Crippen LogP contribution in [-0.4, -0.2) is 33.7 Å². The number of carbonyl (C=O) groups is 1. The van der Waals surface area contributed by atoms with Gasteiger partial charge in [0.15, 0.2) is 0 Å². The summed E-state index contributed by atoms with van der Waals surface area (Å²) in [6, 6.07) is 11.9. The van der Waals surface area contributed by atoms with Crippen LogP contribution in [0.4, 0.5) is 5.69 Å². The molecule has 2 aromatic rings. The minimum absolute atomic E-state index is 0.253. The number of sulfonamides is 1. The van der Waals surface area contributed by atoms with Gasteiger partial charge < -0.3 is 10.1 Å². The fourth-order valence-corrected chi connectivity index (χ4v) is 4.20. The average molecular weight is 405 g/mol. The van der Waals surface area contributed by atoms with Crippen LogP contribution in [0.1, 0.15) is 36.6 Å². The predicted molar refractivity (Wildman–Crippen MR) is 112 cm³/mol. The molecule has 0 spiro atoms. The third-order valence-corrected chi connectivity index (χ3v) is 5.82. The number of rotatable bonds is 7. The molecule has 0 radical (unpaired) electrons. The van der Waals surface area contributed by atoms with Crippen molar-refractivity contribution in [1.82, 2.24) is 5.32 Å². The number of aryl methyl sites for hydroxylation is 2. The summed E-state index contributed by atoms with van der Waals surface area (Å²) < 4.78 is 31.5. The van der Waals surface area contributed by atoms with Crippen molar-refractivity contribution < 1.29 is 17.9 Å². The molecule has 0 aliphatic rings. The molecule has 2 aromatic carbocycles. The second-order valence-corrected chi connectivity index (χ2v) is 8.91. The number of anilines is 1. The second kappa shape index (κ2) is 8.65. The maximum absolute atomic E-state index is 12.9. The van der Waals surface area contributed by atoms with Gasteiger partial charge in [-0.2, -0.15) is 0 Å². The van der Waals surface area contributed by atoms with Gasteiger partial charge in [-0.3, -0.25) is 9.10 Å². The lowest BCUT2D eigenvalue weighted by atomic mass is 10.1. The minimum atomic E-state index is -3.73. The van der Waals surface area contributed by atoms with Crippen molar-refractivity contribution >= 4 is 21.6 Å². The van der Waals surface area contributed by atoms with E-state index >= 15 is 0 Å². The van der Waals surface area contributed by atoms with E-state index in [2.05, 4.69) is 5.32 Å². The van der Waals surface area contributed by atoms with E-state index in [4.69, 9.17) is 4.74 Å². The van der Waals surface area contributed by atoms with Crippen LogP contribution in [0, 0.1) is 13.8 Å². The molecule has 0 fully saturated rings. The summed E-state index contributed by atoms with van der Waals surface area (Å²) in [5, 5.41) is 2.90. The number of hydrogen-bond donors (Lipinski definition) is 1. The molecule has 2 rings (SSSR count). The van der Waals surface area contributed by atoms with Crippen molar-refractivity contribution in [2.75, 3.05) is 17.7 Å². The number of nitrogens with one attached hydrogen (secondary N) is 1. The third-order valence-electron chi connectivity index (χ3n) is 4.60. The topological polar surface area (TPSA) is 75.7 Å². The van der Waals surface area contributed by atoms with Gasteiger partial charge >= 0.3 is 0 Å². The molecule has 0 saturated heterocycles. The van der Waals surface area contributed by atoms with Gasteiger partial charge in [0, 0.05) is 0 Å². The molecule has 0 aromatic heterocycles. The molecular formula is C21H28N2O4S. The van der Waals surface area contributed by atoms with Crippen molar-refractivity contribution in [3.05, 3.63) is 59.2 Å². The molecule has 0 bridgehead atoms. The van der Waals surface area contributed by atoms with Gasteiger partial charge in [-0.15, -0.1) is 0 Å². The number of carbonyl (C=O) groups excluding carboxylic acids is 1. The molecule has 28 heavy (non-hydrogen) atoms. The molecule has 2 atom stereocenters. The van der Waals surface area contributed by atoms with Gasteiger partial charge in [-0.05, 0) is 51.0 Å². The second-order valence-electron chi connectivity index (χ2n) is 7.05. The maximum Gasteiger partial charge on any atom is 0.244 e. The van der Waals surface area contributed by atoms with Crippen LogP contribution in [0.5, 0.6) is 5.75 Å². The van der Waals surface area contributed by atoms with Gasteiger partial charge in [-0.25, -0.2) is 8.42 Å². The highest BCUT2D eigenvalue weighted by Gasteiger charge is 2.32. The molecule has 0 unspecified atom stereocenters. The van der Waals surface area contributed by atoms with Gasteiger partial charge in [0.1, 0.15) is 11.8 Å². The maximum atomic E-state index is 12.9. The Morgan fingerprint density at radius 1 is 1.04 bits per heavy atom. The van der Waals surface area contributed by atoms with Crippen molar-refractivity contribution in [1.29, 1.82) is 0 Å². The highest BCUT2D eigenvalue weighted by molar-refractivity contribution is 7.92. The quantitative estimate of drug-likeness (QED) is 0.768. The Morgan fingerprint density at radius 3 is 2.14 bits per heavy atom. The molecular weight excluding hydrogens is 376 g/mol. The molecule has 0 saturated carbocycles. The molecule has 1 N–H and O–H groups in total. The van der Waals surface area contributed by atoms with E-state index in [1.165, 1.54) is 7.11 Å². The number of methoxy groups -OCH3 is 1. The van der Waals surface area contributed by atoms with Crippen LogP contribution in [0.15, 0.2) is 42.5 Å². The van der Waals surface area contributed by atoms with Crippen molar-refractivity contribution in [2.45, 2.75) is 39.8 Å². The zero-order chi connectivity index (χ0) is 21.1. The first-order valence-electron chi connectivity index (χ1n) is 9.05. The zero-order valence-electron chi connectivity index (χ0n) is 17.2. The lowest BCUT2D eigenvalue weighted by Crippen LogP contribution is -2.48. The molecule has 6 nitrogen and oxygen atoms in total. The Bertz CT molecular complexity index is 939. The van der Waals surface area contributed by atoms with Crippen LogP contribution < -0.4 is 14.4 Å². The monoisotopic (exact) mass is 404 g/mol. The number of nitrogens with zero attached hydrogens (tertiary/aromatic N) is 1. The van der Waals surface area contributed by atoms with Gasteiger partial charge in [0.25, 0.3) is 0 Å². The third kappa shape index (κ3) is 5.04. The first-order chi connectivity index (χ1) is 13.0. The average Bonchev–Trinajstić information content (AvgIpc) is 2.61. The molecule has 0 aliphatic carbocycles. The summed E-state index contributed by atoms with van der Waals surface area (Å²) in [4.78, 5) is 12.9. The number of hydrogen-bond acceptors (Lipinski definition) is 4. The van der Waals surface area contributed by atoms with E-state index in [1.54, 1.807) is 19.1 Å². The first kappa shape index (κ1) is 21.8. The van der Waals surface area contributed by atoms with Gasteiger partial charge in [0.2, 0.25) is 15.9 Å². The van der Waals surface area contributed by atoms with Crippen molar-refractivity contribution in [3.63, 3.8) is 0 Å². The number of ether oxygens (including phenoxy) is 1. The van der Waals surface area contributed by atoms with Crippen LogP contribution in [0.2, 0.25) is 0 Å². The SMILES string of the molecule is COc1ccc(C)cc1N([C@H](C)C(=O)N[C@H](C)c1ccc(C)cc1)S(C)(=O)=O. The number of amides is 1. The summed E-state index contributed by atoms with van der Waals surface area (Å²) in [6.07, 6.45) is 1.09. The fourth-order valence-electron chi connectivity index (χ4n) is 3.03. The molecule has 0 heterocycles. The van der Waals surface area contributed by atoms with Crippen LogP contribution in [0.3, 0.4) is 0 Å². The lowest BCUT2D eigenvalue weighted by Gasteiger charge is -2.30. The summed E-state index contributed by atoms with van der Waals surface area (Å²) >= 11 is 0. The lowest BCUT2D eigenvalue weighted by molar-refractivity contribution is -0.122. The molecule has 1 amide bonds. The van der Waals surface area contributed by atoms with Gasteiger partial charge in [0.05, 0.1) is 25.1 Å². The van der Waals surface area contributed by atoms with E-state index < -0.39 is 16.1 Å². The summed E-state index contributed by atoms with van der Waals surface area (Å²) in [5.74, 6) is 0.00400. The highest BCUT2D eigenvalue weighted by Crippen LogP contribution is 2.32. The molecule has 0 aliphatic heterocycles. The Hall–Kier alpha value is -2.54. The highest BCUT2D eigenvalue weighted by atomic mass is 32.2. The van der Waals surface area contributed by atoms with Crippen molar-refractivity contribution in [3.8, 4) is 5.75 Å². The Balaban J connectivity index is 2.33. The minimum Gasteiger partial charge on any atom is -0.495 e. The van der Waals surface area contributed by atoms with Crippen molar-refractivity contribution in [2.24, 2.45) is 0 Å².